The first-order valence-corrected chi connectivity index (χ1v) is 8.92. The summed E-state index contributed by atoms with van der Waals surface area (Å²) < 4.78 is 5.36. The van der Waals surface area contributed by atoms with Crippen molar-refractivity contribution in [1.29, 1.82) is 5.26 Å². The van der Waals surface area contributed by atoms with Gasteiger partial charge in [-0.15, -0.1) is 0 Å². The summed E-state index contributed by atoms with van der Waals surface area (Å²) >= 11 is 1.43. The van der Waals surface area contributed by atoms with Crippen LogP contribution < -0.4 is 10.3 Å². The Morgan fingerprint density at radius 2 is 2.29 bits per heavy atom. The first-order chi connectivity index (χ1) is 11.8. The number of allylic oxidation sites excluding steroid dienone is 3. The SMILES string of the molecule is CC.N#CCC1=NC=CC=CC1CSc1nc2c(c(=O)[nH]1)CCO2. The fraction of sp³-hybridized carbons (Fsp3) is 0.412. The van der Waals surface area contributed by atoms with E-state index in [1.807, 2.05) is 32.1 Å². The highest BCUT2D eigenvalue weighted by atomic mass is 32.2. The Hall–Kier alpha value is -2.33. The van der Waals surface area contributed by atoms with Crippen LogP contribution in [0, 0.1) is 17.2 Å². The number of hydrogen-bond acceptors (Lipinski definition) is 6. The number of nitrogens with zero attached hydrogens (tertiary/aromatic N) is 3. The highest BCUT2D eigenvalue weighted by molar-refractivity contribution is 7.99. The quantitative estimate of drug-likeness (QED) is 0.670. The molecular weight excluding hydrogens is 324 g/mol. The average Bonchev–Trinajstić information content (AvgIpc) is 2.97. The Bertz CT molecular complexity index is 759. The summed E-state index contributed by atoms with van der Waals surface area (Å²) in [7, 11) is 0. The van der Waals surface area contributed by atoms with Crippen LogP contribution in [0.1, 0.15) is 25.8 Å². The van der Waals surface area contributed by atoms with Crippen molar-refractivity contribution in [3.05, 3.63) is 40.3 Å². The van der Waals surface area contributed by atoms with Crippen molar-refractivity contribution in [1.82, 2.24) is 9.97 Å². The summed E-state index contributed by atoms with van der Waals surface area (Å²) in [6.45, 7) is 4.51. The molecule has 0 aliphatic carbocycles. The van der Waals surface area contributed by atoms with E-state index in [2.05, 4.69) is 21.0 Å². The first-order valence-electron chi connectivity index (χ1n) is 7.93. The lowest BCUT2D eigenvalue weighted by molar-refractivity contribution is 0.342. The van der Waals surface area contributed by atoms with E-state index in [0.717, 1.165) is 5.71 Å². The molecule has 1 aromatic rings. The van der Waals surface area contributed by atoms with Gasteiger partial charge in [0.15, 0.2) is 5.16 Å². The van der Waals surface area contributed by atoms with E-state index in [9.17, 15) is 4.79 Å². The minimum absolute atomic E-state index is 0.0409. The van der Waals surface area contributed by atoms with E-state index in [1.165, 1.54) is 11.8 Å². The standard InChI is InChI=1S/C15H14N4O2S.C2H6/c16-6-4-12-10(3-1-2-7-17-12)9-22-15-18-13(20)11-5-8-21-14(11)19-15;1-2/h1-3,7,10H,4-5,8-9H2,(H,18,19,20);1-2H3. The number of rotatable bonds is 4. The minimum atomic E-state index is -0.131. The molecule has 0 bridgehead atoms. The molecule has 0 saturated carbocycles. The number of thioether (sulfide) groups is 1. The molecule has 7 heteroatoms. The van der Waals surface area contributed by atoms with Crippen LogP contribution in [0.5, 0.6) is 5.88 Å². The number of nitrogens with one attached hydrogen (secondary N) is 1. The van der Waals surface area contributed by atoms with Gasteiger partial charge in [-0.3, -0.25) is 9.79 Å². The normalized spacial score (nSPS) is 17.7. The third-order valence-corrected chi connectivity index (χ3v) is 4.41. The van der Waals surface area contributed by atoms with Crippen molar-refractivity contribution in [3.63, 3.8) is 0 Å². The molecule has 3 heterocycles. The Balaban J connectivity index is 0.00000100. The summed E-state index contributed by atoms with van der Waals surface area (Å²) in [4.78, 5) is 23.3. The largest absolute Gasteiger partial charge is 0.477 e. The fourth-order valence-corrected chi connectivity index (χ4v) is 3.24. The number of aliphatic imine (C=N–C) groups is 1. The molecule has 2 aliphatic rings. The van der Waals surface area contributed by atoms with Gasteiger partial charge in [0.2, 0.25) is 5.88 Å². The second kappa shape index (κ2) is 9.08. The molecule has 6 nitrogen and oxygen atoms in total. The van der Waals surface area contributed by atoms with Crippen LogP contribution in [0.25, 0.3) is 0 Å². The highest BCUT2D eigenvalue weighted by Gasteiger charge is 2.20. The smallest absolute Gasteiger partial charge is 0.258 e. The van der Waals surface area contributed by atoms with Crippen LogP contribution in [0.4, 0.5) is 0 Å². The van der Waals surface area contributed by atoms with Crippen LogP contribution in [0.15, 0.2) is 39.4 Å². The van der Waals surface area contributed by atoms with Crippen LogP contribution in [-0.4, -0.2) is 28.0 Å². The second-order valence-corrected chi connectivity index (χ2v) is 5.86. The van der Waals surface area contributed by atoms with E-state index >= 15 is 0 Å². The molecule has 0 saturated heterocycles. The summed E-state index contributed by atoms with van der Waals surface area (Å²) in [6, 6.07) is 2.14. The van der Waals surface area contributed by atoms with E-state index in [0.29, 0.717) is 35.4 Å². The number of fused-ring (bicyclic) bond motifs is 1. The number of ether oxygens (including phenoxy) is 1. The van der Waals surface area contributed by atoms with Crippen molar-refractivity contribution >= 4 is 17.5 Å². The third kappa shape index (κ3) is 4.36. The molecule has 0 amide bonds. The Morgan fingerprint density at radius 1 is 1.46 bits per heavy atom. The van der Waals surface area contributed by atoms with Gasteiger partial charge in [0.05, 0.1) is 24.7 Å². The van der Waals surface area contributed by atoms with Crippen molar-refractivity contribution in [2.45, 2.75) is 31.8 Å². The molecule has 0 fully saturated rings. The maximum atomic E-state index is 11.9. The van der Waals surface area contributed by atoms with Crippen molar-refractivity contribution in [2.24, 2.45) is 10.9 Å². The van der Waals surface area contributed by atoms with E-state index in [4.69, 9.17) is 10.00 Å². The Kier molecular flexibility index (Phi) is 6.82. The second-order valence-electron chi connectivity index (χ2n) is 4.85. The predicted octanol–water partition coefficient (Wildman–Crippen LogP) is 2.88. The molecule has 24 heavy (non-hydrogen) atoms. The van der Waals surface area contributed by atoms with Gasteiger partial charge in [0.25, 0.3) is 5.56 Å². The van der Waals surface area contributed by atoms with E-state index in [-0.39, 0.29) is 17.9 Å². The molecule has 1 unspecified atom stereocenters. The molecule has 1 aromatic heterocycles. The lowest BCUT2D eigenvalue weighted by Gasteiger charge is -2.12. The lowest BCUT2D eigenvalue weighted by atomic mass is 10.0. The lowest BCUT2D eigenvalue weighted by Crippen LogP contribution is -2.16. The van der Waals surface area contributed by atoms with Gasteiger partial charge in [-0.25, -0.2) is 0 Å². The van der Waals surface area contributed by atoms with E-state index < -0.39 is 0 Å². The molecular formula is C17H20N4O2S. The molecule has 0 spiro atoms. The first kappa shape index (κ1) is 18.0. The minimum Gasteiger partial charge on any atom is -0.477 e. The highest BCUT2D eigenvalue weighted by Crippen LogP contribution is 2.24. The zero-order valence-electron chi connectivity index (χ0n) is 13.8. The van der Waals surface area contributed by atoms with Gasteiger partial charge in [-0.1, -0.05) is 37.8 Å². The topological polar surface area (TPSA) is 91.1 Å². The Labute approximate surface area is 145 Å². The zero-order valence-corrected chi connectivity index (χ0v) is 14.6. The summed E-state index contributed by atoms with van der Waals surface area (Å²) in [5, 5.41) is 9.43. The molecule has 3 rings (SSSR count). The predicted molar refractivity (Wildman–Crippen MR) is 95.6 cm³/mol. The van der Waals surface area contributed by atoms with Crippen LogP contribution in [0.2, 0.25) is 0 Å². The molecule has 1 N–H and O–H groups in total. The molecule has 0 aromatic carbocycles. The number of aromatic nitrogens is 2. The number of aromatic amines is 1. The van der Waals surface area contributed by atoms with Gasteiger partial charge in [-0.2, -0.15) is 10.2 Å². The van der Waals surface area contributed by atoms with Crippen molar-refractivity contribution in [2.75, 3.05) is 12.4 Å². The number of nitriles is 1. The van der Waals surface area contributed by atoms with Gasteiger partial charge in [0.1, 0.15) is 0 Å². The molecule has 126 valence electrons. The Morgan fingerprint density at radius 3 is 3.08 bits per heavy atom. The maximum Gasteiger partial charge on any atom is 0.258 e. The molecule has 2 aliphatic heterocycles. The van der Waals surface area contributed by atoms with Gasteiger partial charge >= 0.3 is 0 Å². The van der Waals surface area contributed by atoms with Crippen LogP contribution in [0.3, 0.4) is 0 Å². The number of H-pyrrole nitrogens is 1. The van der Waals surface area contributed by atoms with Crippen molar-refractivity contribution in [3.8, 4) is 11.9 Å². The molecule has 1 atom stereocenters. The average molecular weight is 344 g/mol. The summed E-state index contributed by atoms with van der Waals surface area (Å²) in [5.41, 5.74) is 1.31. The van der Waals surface area contributed by atoms with Crippen LogP contribution in [-0.2, 0) is 6.42 Å². The summed E-state index contributed by atoms with van der Waals surface area (Å²) in [6.07, 6.45) is 8.36. The monoisotopic (exact) mass is 344 g/mol. The zero-order chi connectivity index (χ0) is 17.4. The number of hydrogen-bond donors (Lipinski definition) is 1. The van der Waals surface area contributed by atoms with Crippen molar-refractivity contribution < 1.29 is 4.74 Å². The summed E-state index contributed by atoms with van der Waals surface area (Å²) in [5.74, 6) is 1.13. The molecule has 0 radical (unpaired) electrons. The van der Waals surface area contributed by atoms with Gasteiger partial charge < -0.3 is 9.72 Å². The third-order valence-electron chi connectivity index (χ3n) is 3.42. The van der Waals surface area contributed by atoms with Gasteiger partial charge in [-0.05, 0) is 6.08 Å². The van der Waals surface area contributed by atoms with Crippen LogP contribution >= 0.6 is 11.8 Å². The fourth-order valence-electron chi connectivity index (χ4n) is 2.29. The maximum absolute atomic E-state index is 11.9. The van der Waals surface area contributed by atoms with E-state index in [1.54, 1.807) is 6.20 Å². The van der Waals surface area contributed by atoms with Gasteiger partial charge in [0, 0.05) is 30.0 Å².